The minimum absolute atomic E-state index is 0.0799. The lowest BCUT2D eigenvalue weighted by molar-refractivity contribution is -0.339. The Morgan fingerprint density at radius 1 is 1.08 bits per heavy atom. The van der Waals surface area contributed by atoms with Crippen LogP contribution in [0.4, 0.5) is 0 Å². The van der Waals surface area contributed by atoms with Crippen LogP contribution in [0.2, 0.25) is 0 Å². The van der Waals surface area contributed by atoms with Gasteiger partial charge in [0.05, 0.1) is 31.5 Å². The van der Waals surface area contributed by atoms with Gasteiger partial charge in [-0.3, -0.25) is 0 Å². The summed E-state index contributed by atoms with van der Waals surface area (Å²) in [6, 6.07) is 6.10. The van der Waals surface area contributed by atoms with Crippen molar-refractivity contribution in [3.05, 3.63) is 59.4 Å². The third-order valence-corrected chi connectivity index (χ3v) is 6.75. The van der Waals surface area contributed by atoms with E-state index >= 15 is 0 Å². The van der Waals surface area contributed by atoms with Gasteiger partial charge in [-0.25, -0.2) is 9.59 Å². The molecule has 5 N–H and O–H groups in total. The van der Waals surface area contributed by atoms with Gasteiger partial charge in [0.15, 0.2) is 6.29 Å². The Morgan fingerprint density at radius 3 is 2.50 bits per heavy atom. The molecule has 1 saturated heterocycles. The first-order valence-corrected chi connectivity index (χ1v) is 12.0. The highest BCUT2D eigenvalue weighted by molar-refractivity contribution is 5.89. The molecular weight excluding hydrogens is 504 g/mol. The lowest BCUT2D eigenvalue weighted by Gasteiger charge is -2.43. The highest BCUT2D eigenvalue weighted by Gasteiger charge is 2.50. The zero-order valence-electron chi connectivity index (χ0n) is 20.5. The van der Waals surface area contributed by atoms with Crippen molar-refractivity contribution in [2.24, 2.45) is 11.8 Å². The third kappa shape index (κ3) is 5.90. The SMILES string of the molecule is COC(=O)C1=CO[C@@H](O[C@H]2O[C@H](COC(=O)C=Cc3ccc(O)cc3)[C@@H](O)[C@H](O)[C@H]2O)[C@H]2C(CO)=CC[C@H]12. The van der Waals surface area contributed by atoms with E-state index < -0.39 is 67.4 Å². The number of benzene rings is 1. The Morgan fingerprint density at radius 2 is 1.82 bits per heavy atom. The molecule has 38 heavy (non-hydrogen) atoms. The maximum atomic E-state index is 12.2. The second kappa shape index (κ2) is 12.1. The highest BCUT2D eigenvalue weighted by atomic mass is 16.8. The predicted molar refractivity (Wildman–Crippen MR) is 128 cm³/mol. The maximum Gasteiger partial charge on any atom is 0.337 e. The number of hydrogen-bond acceptors (Lipinski definition) is 12. The van der Waals surface area contributed by atoms with E-state index in [4.69, 9.17) is 23.7 Å². The number of rotatable bonds is 8. The summed E-state index contributed by atoms with van der Waals surface area (Å²) in [5.74, 6) is -2.26. The summed E-state index contributed by atoms with van der Waals surface area (Å²) < 4.78 is 27.0. The van der Waals surface area contributed by atoms with E-state index in [-0.39, 0.29) is 17.9 Å². The Balaban J connectivity index is 1.41. The van der Waals surface area contributed by atoms with E-state index in [9.17, 15) is 35.1 Å². The molecule has 1 aliphatic carbocycles. The topological polar surface area (TPSA) is 181 Å². The summed E-state index contributed by atoms with van der Waals surface area (Å²) in [4.78, 5) is 24.3. The highest BCUT2D eigenvalue weighted by Crippen LogP contribution is 2.44. The van der Waals surface area contributed by atoms with Crippen molar-refractivity contribution in [3.63, 3.8) is 0 Å². The predicted octanol–water partition coefficient (Wildman–Crippen LogP) is -0.259. The molecule has 12 nitrogen and oxygen atoms in total. The van der Waals surface area contributed by atoms with Crippen molar-refractivity contribution < 1.29 is 58.8 Å². The van der Waals surface area contributed by atoms with Crippen molar-refractivity contribution >= 4 is 18.0 Å². The minimum Gasteiger partial charge on any atom is -0.508 e. The molecule has 0 amide bonds. The van der Waals surface area contributed by atoms with Crippen LogP contribution in [0.3, 0.4) is 0 Å². The average Bonchev–Trinajstić information content (AvgIpc) is 3.36. The van der Waals surface area contributed by atoms with Crippen LogP contribution in [-0.2, 0) is 33.3 Å². The normalized spacial score (nSPS) is 32.7. The molecule has 0 saturated carbocycles. The van der Waals surface area contributed by atoms with Crippen molar-refractivity contribution in [3.8, 4) is 5.75 Å². The summed E-state index contributed by atoms with van der Waals surface area (Å²) >= 11 is 0. The summed E-state index contributed by atoms with van der Waals surface area (Å²) in [5.41, 5.74) is 1.47. The molecule has 1 aromatic rings. The molecule has 0 aromatic heterocycles. The van der Waals surface area contributed by atoms with E-state index in [0.717, 1.165) is 6.08 Å². The first-order valence-electron chi connectivity index (χ1n) is 12.0. The van der Waals surface area contributed by atoms with Gasteiger partial charge in [0, 0.05) is 12.0 Å². The molecule has 0 spiro atoms. The average molecular weight is 535 g/mol. The second-order valence-corrected chi connectivity index (χ2v) is 9.08. The molecule has 0 radical (unpaired) electrons. The molecule has 2 aliphatic heterocycles. The lowest BCUT2D eigenvalue weighted by Crippen LogP contribution is -2.60. The standard InChI is InChI=1S/C26H30O12/c1-34-24(33)17-11-36-25(20-14(10-27)5-8-16(17)20)38-26-23(32)22(31)21(30)18(37-26)12-35-19(29)9-4-13-2-6-15(28)7-3-13/h2-7,9,11,16,18,20-23,25-28,30-32H,8,10,12H2,1H3/t16-,18-,20+,21-,22+,23-,25+,26-/m1/s1. The molecule has 8 atom stereocenters. The third-order valence-electron chi connectivity index (χ3n) is 6.75. The molecular formula is C26H30O12. The van der Waals surface area contributed by atoms with E-state index in [1.165, 1.54) is 31.6 Å². The number of hydrogen-bond donors (Lipinski definition) is 5. The molecule has 1 aromatic carbocycles. The second-order valence-electron chi connectivity index (χ2n) is 9.08. The van der Waals surface area contributed by atoms with Crippen LogP contribution in [0, 0.1) is 11.8 Å². The van der Waals surface area contributed by atoms with Crippen LogP contribution in [0.5, 0.6) is 5.75 Å². The molecule has 2 heterocycles. The number of carbonyl (C=O) groups is 2. The monoisotopic (exact) mass is 534 g/mol. The smallest absolute Gasteiger partial charge is 0.337 e. The number of fused-ring (bicyclic) bond motifs is 1. The zero-order valence-corrected chi connectivity index (χ0v) is 20.5. The Labute approximate surface area is 218 Å². The molecule has 3 aliphatic rings. The first-order chi connectivity index (χ1) is 18.2. The number of carbonyl (C=O) groups excluding carboxylic acids is 2. The van der Waals surface area contributed by atoms with Gasteiger partial charge in [0.1, 0.15) is 36.8 Å². The Hall–Kier alpha value is -3.26. The number of methoxy groups -OCH3 is 1. The zero-order chi connectivity index (χ0) is 27.4. The van der Waals surface area contributed by atoms with Crippen LogP contribution in [0.1, 0.15) is 12.0 Å². The fourth-order valence-electron chi connectivity index (χ4n) is 4.68. The van der Waals surface area contributed by atoms with Gasteiger partial charge < -0.3 is 49.2 Å². The van der Waals surface area contributed by atoms with Crippen LogP contribution in [-0.4, -0.2) is 94.8 Å². The fraction of sp³-hybridized carbons (Fsp3) is 0.462. The van der Waals surface area contributed by atoms with Gasteiger partial charge in [0.2, 0.25) is 6.29 Å². The van der Waals surface area contributed by atoms with Crippen molar-refractivity contribution in [2.75, 3.05) is 20.3 Å². The lowest BCUT2D eigenvalue weighted by atomic mass is 9.83. The number of aliphatic hydroxyl groups is 4. The van der Waals surface area contributed by atoms with Crippen molar-refractivity contribution in [1.29, 1.82) is 0 Å². The van der Waals surface area contributed by atoms with Crippen LogP contribution in [0.15, 0.2) is 53.8 Å². The summed E-state index contributed by atoms with van der Waals surface area (Å²) in [6.45, 7) is -0.778. The number of esters is 2. The Bertz CT molecular complexity index is 1090. The fourth-order valence-corrected chi connectivity index (χ4v) is 4.68. The van der Waals surface area contributed by atoms with Crippen LogP contribution in [0.25, 0.3) is 6.08 Å². The molecule has 0 bridgehead atoms. The largest absolute Gasteiger partial charge is 0.508 e. The quantitative estimate of drug-likeness (QED) is 0.168. The number of allylic oxidation sites excluding steroid dienone is 1. The van der Waals surface area contributed by atoms with Crippen LogP contribution >= 0.6 is 0 Å². The molecule has 206 valence electrons. The number of aliphatic hydroxyl groups excluding tert-OH is 4. The molecule has 4 rings (SSSR count). The van der Waals surface area contributed by atoms with Gasteiger partial charge in [-0.05, 0) is 35.8 Å². The molecule has 1 fully saturated rings. The number of aromatic hydroxyl groups is 1. The van der Waals surface area contributed by atoms with Gasteiger partial charge >= 0.3 is 11.9 Å². The number of ether oxygens (including phenoxy) is 5. The summed E-state index contributed by atoms with van der Waals surface area (Å²) in [6.07, 6.45) is -2.81. The number of phenolic OH excluding ortho intramolecular Hbond substituents is 1. The minimum atomic E-state index is -1.69. The van der Waals surface area contributed by atoms with Crippen LogP contribution < -0.4 is 0 Å². The van der Waals surface area contributed by atoms with E-state index in [0.29, 0.717) is 17.6 Å². The van der Waals surface area contributed by atoms with Gasteiger partial charge in [-0.15, -0.1) is 0 Å². The Kier molecular flexibility index (Phi) is 8.82. The van der Waals surface area contributed by atoms with E-state index in [1.54, 1.807) is 18.2 Å². The molecule has 0 unspecified atom stereocenters. The van der Waals surface area contributed by atoms with E-state index in [1.807, 2.05) is 0 Å². The van der Waals surface area contributed by atoms with Crippen molar-refractivity contribution in [1.82, 2.24) is 0 Å². The summed E-state index contributed by atoms with van der Waals surface area (Å²) in [7, 11) is 1.24. The maximum absolute atomic E-state index is 12.2. The van der Waals surface area contributed by atoms with Gasteiger partial charge in [-0.1, -0.05) is 18.2 Å². The molecule has 12 heteroatoms. The number of phenols is 1. The van der Waals surface area contributed by atoms with E-state index in [2.05, 4.69) is 0 Å². The van der Waals surface area contributed by atoms with Crippen molar-refractivity contribution in [2.45, 2.75) is 43.4 Å². The van der Waals surface area contributed by atoms with Gasteiger partial charge in [-0.2, -0.15) is 0 Å². The first kappa shape index (κ1) is 27.8. The summed E-state index contributed by atoms with van der Waals surface area (Å²) in [5, 5.41) is 50.4. The van der Waals surface area contributed by atoms with Gasteiger partial charge in [0.25, 0.3) is 0 Å².